The summed E-state index contributed by atoms with van der Waals surface area (Å²) in [7, 11) is 0. The standard InChI is InChI=1S/C17H25NO3/c1-3-5-18(6-4-2)15-8-12-7-14(11-17(20)21)16(19)10-13(12)9-15/h7,10,15,19H,3-6,8-9,11H2,1-2H3,(H,20,21). The van der Waals surface area contributed by atoms with E-state index in [2.05, 4.69) is 18.7 Å². The van der Waals surface area contributed by atoms with Crippen LogP contribution in [0.15, 0.2) is 12.1 Å². The van der Waals surface area contributed by atoms with Crippen molar-refractivity contribution in [3.8, 4) is 5.75 Å². The quantitative estimate of drug-likeness (QED) is 0.810. The molecule has 0 aromatic heterocycles. The molecule has 1 aliphatic carbocycles. The molecule has 4 heteroatoms. The Morgan fingerprint density at radius 1 is 1.19 bits per heavy atom. The van der Waals surface area contributed by atoms with Crippen LogP contribution in [0.5, 0.6) is 5.75 Å². The molecular weight excluding hydrogens is 266 g/mol. The van der Waals surface area contributed by atoms with Gasteiger partial charge in [0, 0.05) is 11.6 Å². The summed E-state index contributed by atoms with van der Waals surface area (Å²) in [6.45, 7) is 6.59. The molecular formula is C17H25NO3. The predicted octanol–water partition coefficient (Wildman–Crippen LogP) is 2.61. The second kappa shape index (κ2) is 6.94. The zero-order valence-electron chi connectivity index (χ0n) is 12.9. The number of nitrogens with zero attached hydrogens (tertiary/aromatic N) is 1. The van der Waals surface area contributed by atoms with Crippen LogP contribution in [0.2, 0.25) is 0 Å². The van der Waals surface area contributed by atoms with E-state index in [0.717, 1.165) is 38.8 Å². The number of phenolic OH excluding ortho intramolecular Hbond substituents is 1. The van der Waals surface area contributed by atoms with E-state index in [1.165, 1.54) is 11.1 Å². The van der Waals surface area contributed by atoms with Gasteiger partial charge < -0.3 is 10.2 Å². The molecule has 1 aromatic rings. The molecule has 0 amide bonds. The molecule has 1 aromatic carbocycles. The summed E-state index contributed by atoms with van der Waals surface area (Å²) < 4.78 is 0. The Hall–Kier alpha value is -1.55. The van der Waals surface area contributed by atoms with Crippen molar-refractivity contribution in [2.75, 3.05) is 13.1 Å². The number of fused-ring (bicyclic) bond motifs is 1. The van der Waals surface area contributed by atoms with Crippen molar-refractivity contribution in [2.24, 2.45) is 0 Å². The molecule has 0 saturated heterocycles. The maximum atomic E-state index is 10.8. The van der Waals surface area contributed by atoms with Crippen molar-refractivity contribution in [1.29, 1.82) is 0 Å². The van der Waals surface area contributed by atoms with Gasteiger partial charge in [0.1, 0.15) is 5.75 Å². The smallest absolute Gasteiger partial charge is 0.307 e. The van der Waals surface area contributed by atoms with E-state index in [1.807, 2.05) is 6.07 Å². The molecule has 0 aliphatic heterocycles. The summed E-state index contributed by atoms with van der Waals surface area (Å²) in [6, 6.07) is 4.14. The maximum Gasteiger partial charge on any atom is 0.307 e. The van der Waals surface area contributed by atoms with Gasteiger partial charge in [-0.3, -0.25) is 9.69 Å². The van der Waals surface area contributed by atoms with E-state index in [9.17, 15) is 9.90 Å². The normalized spacial score (nSPS) is 17.2. The largest absolute Gasteiger partial charge is 0.508 e. The lowest BCUT2D eigenvalue weighted by Gasteiger charge is -2.27. The average Bonchev–Trinajstić information content (AvgIpc) is 2.81. The first-order valence-electron chi connectivity index (χ1n) is 7.84. The van der Waals surface area contributed by atoms with E-state index in [4.69, 9.17) is 5.11 Å². The van der Waals surface area contributed by atoms with Crippen LogP contribution in [0.25, 0.3) is 0 Å². The lowest BCUT2D eigenvalue weighted by molar-refractivity contribution is -0.136. The Morgan fingerprint density at radius 2 is 1.76 bits per heavy atom. The summed E-state index contributed by atoms with van der Waals surface area (Å²) in [5.74, 6) is -0.785. The summed E-state index contributed by atoms with van der Waals surface area (Å²) >= 11 is 0. The Morgan fingerprint density at radius 3 is 2.29 bits per heavy atom. The predicted molar refractivity (Wildman–Crippen MR) is 82.8 cm³/mol. The zero-order valence-corrected chi connectivity index (χ0v) is 12.9. The number of hydrogen-bond acceptors (Lipinski definition) is 3. The lowest BCUT2D eigenvalue weighted by Crippen LogP contribution is -2.37. The first-order valence-corrected chi connectivity index (χ1v) is 7.84. The minimum Gasteiger partial charge on any atom is -0.508 e. The molecule has 0 spiro atoms. The van der Waals surface area contributed by atoms with Crippen LogP contribution in [-0.4, -0.2) is 40.2 Å². The number of rotatable bonds is 7. The van der Waals surface area contributed by atoms with Gasteiger partial charge in [0.05, 0.1) is 6.42 Å². The Kier molecular flexibility index (Phi) is 5.23. The van der Waals surface area contributed by atoms with Crippen LogP contribution in [0.3, 0.4) is 0 Å². The first kappa shape index (κ1) is 15.8. The van der Waals surface area contributed by atoms with Gasteiger partial charge in [-0.2, -0.15) is 0 Å². The summed E-state index contributed by atoms with van der Waals surface area (Å²) in [5, 5.41) is 18.9. The van der Waals surface area contributed by atoms with Crippen LogP contribution in [-0.2, 0) is 24.1 Å². The zero-order chi connectivity index (χ0) is 15.4. The number of hydrogen-bond donors (Lipinski definition) is 2. The van der Waals surface area contributed by atoms with Gasteiger partial charge in [-0.05, 0) is 56.0 Å². The molecule has 4 nitrogen and oxygen atoms in total. The molecule has 2 rings (SSSR count). The fourth-order valence-corrected chi connectivity index (χ4v) is 3.30. The number of phenols is 1. The van der Waals surface area contributed by atoms with Gasteiger partial charge in [0.2, 0.25) is 0 Å². The molecule has 0 radical (unpaired) electrons. The second-order valence-electron chi connectivity index (χ2n) is 5.92. The van der Waals surface area contributed by atoms with Gasteiger partial charge in [-0.15, -0.1) is 0 Å². The van der Waals surface area contributed by atoms with Crippen LogP contribution in [0.4, 0.5) is 0 Å². The minimum absolute atomic E-state index is 0.114. The third-order valence-electron chi connectivity index (χ3n) is 4.19. The van der Waals surface area contributed by atoms with E-state index >= 15 is 0 Å². The molecule has 0 bridgehead atoms. The van der Waals surface area contributed by atoms with Crippen molar-refractivity contribution in [1.82, 2.24) is 4.90 Å². The van der Waals surface area contributed by atoms with Crippen molar-refractivity contribution in [2.45, 2.75) is 52.0 Å². The van der Waals surface area contributed by atoms with E-state index in [1.54, 1.807) is 6.07 Å². The molecule has 0 fully saturated rings. The molecule has 1 unspecified atom stereocenters. The Labute approximate surface area is 126 Å². The summed E-state index contributed by atoms with van der Waals surface area (Å²) in [6.07, 6.45) is 4.08. The van der Waals surface area contributed by atoms with Crippen molar-refractivity contribution in [3.05, 3.63) is 28.8 Å². The Bertz CT molecular complexity index is 507. The fourth-order valence-electron chi connectivity index (χ4n) is 3.30. The second-order valence-corrected chi connectivity index (χ2v) is 5.92. The van der Waals surface area contributed by atoms with Crippen molar-refractivity contribution in [3.63, 3.8) is 0 Å². The van der Waals surface area contributed by atoms with Crippen LogP contribution in [0, 0.1) is 0 Å². The number of benzene rings is 1. The molecule has 0 heterocycles. The highest BCUT2D eigenvalue weighted by Crippen LogP contribution is 2.31. The van der Waals surface area contributed by atoms with E-state index in [0.29, 0.717) is 11.6 Å². The van der Waals surface area contributed by atoms with Crippen molar-refractivity contribution < 1.29 is 15.0 Å². The van der Waals surface area contributed by atoms with Crippen LogP contribution >= 0.6 is 0 Å². The maximum absolute atomic E-state index is 10.8. The van der Waals surface area contributed by atoms with Gasteiger partial charge in [0.25, 0.3) is 0 Å². The number of carboxylic acid groups (broad SMARTS) is 1. The summed E-state index contributed by atoms with van der Waals surface area (Å²) in [5.41, 5.74) is 2.90. The number of carbonyl (C=O) groups is 1. The monoisotopic (exact) mass is 291 g/mol. The van der Waals surface area contributed by atoms with Gasteiger partial charge in [-0.1, -0.05) is 19.9 Å². The van der Waals surface area contributed by atoms with Crippen LogP contribution < -0.4 is 0 Å². The SMILES string of the molecule is CCCN(CCC)C1Cc2cc(O)c(CC(=O)O)cc2C1. The highest BCUT2D eigenvalue weighted by Gasteiger charge is 2.27. The lowest BCUT2D eigenvalue weighted by atomic mass is 10.0. The molecule has 21 heavy (non-hydrogen) atoms. The minimum atomic E-state index is -0.904. The number of aromatic hydroxyl groups is 1. The van der Waals surface area contributed by atoms with Gasteiger partial charge in [0.15, 0.2) is 0 Å². The fraction of sp³-hybridized carbons (Fsp3) is 0.588. The van der Waals surface area contributed by atoms with Crippen molar-refractivity contribution >= 4 is 5.97 Å². The molecule has 0 saturated carbocycles. The highest BCUT2D eigenvalue weighted by atomic mass is 16.4. The van der Waals surface area contributed by atoms with Gasteiger partial charge in [-0.25, -0.2) is 0 Å². The number of carboxylic acids is 1. The molecule has 1 atom stereocenters. The average molecular weight is 291 g/mol. The highest BCUT2D eigenvalue weighted by molar-refractivity contribution is 5.71. The first-order chi connectivity index (χ1) is 10.0. The molecule has 2 N–H and O–H groups in total. The van der Waals surface area contributed by atoms with Gasteiger partial charge >= 0.3 is 5.97 Å². The topological polar surface area (TPSA) is 60.8 Å². The molecule has 1 aliphatic rings. The van der Waals surface area contributed by atoms with E-state index in [-0.39, 0.29) is 12.2 Å². The summed E-state index contributed by atoms with van der Waals surface area (Å²) in [4.78, 5) is 13.4. The van der Waals surface area contributed by atoms with Crippen LogP contribution in [0.1, 0.15) is 43.4 Å². The third kappa shape index (κ3) is 3.76. The van der Waals surface area contributed by atoms with E-state index < -0.39 is 5.97 Å². The Balaban J connectivity index is 2.16. The third-order valence-corrected chi connectivity index (χ3v) is 4.19. The molecule has 116 valence electrons. The number of aliphatic carboxylic acids is 1.